The predicted octanol–water partition coefficient (Wildman–Crippen LogP) is 3.17. The fourth-order valence-electron chi connectivity index (χ4n) is 5.69. The number of piperidine rings is 1. The number of hydrogen-bond donors (Lipinski definition) is 2. The molecule has 3 aromatic rings. The summed E-state index contributed by atoms with van der Waals surface area (Å²) in [5, 5.41) is 10.6. The number of carbonyl (C=O) groups excluding carboxylic acids is 1. The van der Waals surface area contributed by atoms with Crippen LogP contribution in [0.15, 0.2) is 83.8 Å². The summed E-state index contributed by atoms with van der Waals surface area (Å²) in [7, 11) is -1.99. The van der Waals surface area contributed by atoms with Gasteiger partial charge in [-0.05, 0) is 48.7 Å². The number of rotatable bonds is 3. The Morgan fingerprint density at radius 3 is 2.38 bits per heavy atom. The van der Waals surface area contributed by atoms with Crippen molar-refractivity contribution in [1.82, 2.24) is 14.5 Å². The van der Waals surface area contributed by atoms with E-state index in [1.54, 1.807) is 18.2 Å². The molecule has 2 heterocycles. The highest BCUT2D eigenvalue weighted by Gasteiger charge is 2.39. The van der Waals surface area contributed by atoms with Crippen LogP contribution in [0.3, 0.4) is 0 Å². The number of β-amino-alcohol motifs (C(OH)–C–C–N with tert-alkyl or cyclic N) is 1. The molecule has 2 N–H and O–H groups in total. The summed E-state index contributed by atoms with van der Waals surface area (Å²) in [4.78, 5) is 17.0. The molecule has 3 aromatic carbocycles. The topological polar surface area (TPSA) is 99.2 Å². The van der Waals surface area contributed by atoms with Crippen molar-refractivity contribution in [3.63, 3.8) is 0 Å². The summed E-state index contributed by atoms with van der Waals surface area (Å²) in [6, 6.07) is 24.6. The van der Waals surface area contributed by atoms with Crippen LogP contribution in [0.4, 0.5) is 0 Å². The number of aliphatic hydroxyl groups is 1. The first kappa shape index (κ1) is 28.3. The monoisotopic (exact) mass is 563 g/mol. The number of nitrogens with one attached hydrogen (secondary N) is 1. The number of hydrogen-bond acceptors (Lipinski definition) is 6. The first-order valence-electron chi connectivity index (χ1n) is 13.7. The first-order valence-corrected chi connectivity index (χ1v) is 15.2. The van der Waals surface area contributed by atoms with E-state index in [4.69, 9.17) is 4.74 Å². The number of sulfonamides is 1. The third-order valence-electron chi connectivity index (χ3n) is 7.89. The van der Waals surface area contributed by atoms with Crippen LogP contribution in [0.5, 0.6) is 5.75 Å². The molecular formula is C31H37N3O5S. The molecule has 1 saturated heterocycles. The van der Waals surface area contributed by atoms with Crippen LogP contribution >= 0.6 is 0 Å². The van der Waals surface area contributed by atoms with Crippen LogP contribution < -0.4 is 9.46 Å². The average molecular weight is 564 g/mol. The quantitative estimate of drug-likeness (QED) is 0.508. The van der Waals surface area contributed by atoms with Gasteiger partial charge in [-0.1, -0.05) is 66.7 Å². The zero-order valence-corrected chi connectivity index (χ0v) is 23.6. The summed E-state index contributed by atoms with van der Waals surface area (Å²) in [5.41, 5.74) is 2.50. The van der Waals surface area contributed by atoms with Crippen LogP contribution in [-0.4, -0.2) is 81.7 Å². The second-order valence-electron chi connectivity index (χ2n) is 11.1. The zero-order chi connectivity index (χ0) is 28.2. The first-order chi connectivity index (χ1) is 19.2. The van der Waals surface area contributed by atoms with E-state index in [9.17, 15) is 18.3 Å². The lowest BCUT2D eigenvalue weighted by Crippen LogP contribution is -2.51. The van der Waals surface area contributed by atoms with Crippen LogP contribution in [0.1, 0.15) is 18.4 Å². The molecule has 0 aromatic heterocycles. The normalized spacial score (nSPS) is 21.4. The van der Waals surface area contributed by atoms with Gasteiger partial charge in [-0.25, -0.2) is 13.1 Å². The van der Waals surface area contributed by atoms with Crippen molar-refractivity contribution in [1.29, 1.82) is 0 Å². The van der Waals surface area contributed by atoms with Gasteiger partial charge in [0.15, 0.2) is 0 Å². The number of carbonyl (C=O) groups is 1. The molecular weight excluding hydrogens is 526 g/mol. The number of benzene rings is 3. The Balaban J connectivity index is 1.40. The number of likely N-dealkylation sites (tertiary alicyclic amines) is 1. The van der Waals surface area contributed by atoms with E-state index in [-0.39, 0.29) is 28.5 Å². The number of aliphatic hydroxyl groups excluding tert-OH is 1. The summed E-state index contributed by atoms with van der Waals surface area (Å²) in [5.74, 6) is 0.391. The third-order valence-corrected chi connectivity index (χ3v) is 9.35. The Morgan fingerprint density at radius 1 is 1.00 bits per heavy atom. The molecule has 0 aliphatic carbocycles. The van der Waals surface area contributed by atoms with Crippen LogP contribution in [0, 0.1) is 5.41 Å². The lowest BCUT2D eigenvalue weighted by molar-refractivity contribution is -0.133. The molecule has 1 fully saturated rings. The summed E-state index contributed by atoms with van der Waals surface area (Å²) in [6.45, 7) is 2.38. The maximum absolute atomic E-state index is 13.3. The largest absolute Gasteiger partial charge is 0.492 e. The molecule has 8 nitrogen and oxygen atoms in total. The van der Waals surface area contributed by atoms with E-state index < -0.39 is 16.1 Å². The standard InChI is InChI=1S/C31H37N3O5S/c1-33-21-27(35)20-32-40(37,38)29-13-12-26(25-10-6-3-7-11-25)19-28(29)39-23-31(22-33)14-16-34(17-15-31)30(36)18-24-8-4-2-5-9-24/h2-13,19,27,32,35H,14-18,20-23H2,1H3. The Bertz CT molecular complexity index is 1410. The van der Waals surface area contributed by atoms with Gasteiger partial charge in [0, 0.05) is 38.1 Å². The van der Waals surface area contributed by atoms with Crippen molar-refractivity contribution in [3.8, 4) is 16.9 Å². The second kappa shape index (κ2) is 12.1. The number of amides is 1. The highest BCUT2D eigenvalue weighted by molar-refractivity contribution is 7.89. The fraction of sp³-hybridized carbons (Fsp3) is 0.387. The molecule has 1 amide bonds. The molecule has 0 radical (unpaired) electrons. The van der Waals surface area contributed by atoms with Crippen molar-refractivity contribution in [2.45, 2.75) is 30.3 Å². The maximum atomic E-state index is 13.3. The molecule has 1 unspecified atom stereocenters. The van der Waals surface area contributed by atoms with Crippen molar-refractivity contribution >= 4 is 15.9 Å². The summed E-state index contributed by atoms with van der Waals surface area (Å²) >= 11 is 0. The minimum Gasteiger partial charge on any atom is -0.492 e. The summed E-state index contributed by atoms with van der Waals surface area (Å²) < 4.78 is 35.5. The molecule has 9 heteroatoms. The molecule has 1 atom stereocenters. The second-order valence-corrected chi connectivity index (χ2v) is 12.8. The van der Waals surface area contributed by atoms with Gasteiger partial charge in [0.2, 0.25) is 15.9 Å². The van der Waals surface area contributed by atoms with E-state index >= 15 is 0 Å². The van der Waals surface area contributed by atoms with Gasteiger partial charge < -0.3 is 19.6 Å². The predicted molar refractivity (Wildman–Crippen MR) is 154 cm³/mol. The van der Waals surface area contributed by atoms with Crippen molar-refractivity contribution in [2.24, 2.45) is 5.41 Å². The van der Waals surface area contributed by atoms with Gasteiger partial charge in [0.25, 0.3) is 0 Å². The lowest BCUT2D eigenvalue weighted by Gasteiger charge is -2.44. The highest BCUT2D eigenvalue weighted by Crippen LogP contribution is 2.36. The van der Waals surface area contributed by atoms with Gasteiger partial charge in [0.05, 0.1) is 19.1 Å². The molecule has 0 saturated carbocycles. The minimum atomic E-state index is -3.92. The molecule has 40 heavy (non-hydrogen) atoms. The van der Waals surface area contributed by atoms with Crippen LogP contribution in [-0.2, 0) is 21.2 Å². The molecule has 0 bridgehead atoms. The zero-order valence-electron chi connectivity index (χ0n) is 22.8. The Hall–Kier alpha value is -3.24. The molecule has 5 rings (SSSR count). The van der Waals surface area contributed by atoms with Gasteiger partial charge in [-0.2, -0.15) is 0 Å². The molecule has 212 valence electrons. The van der Waals surface area contributed by atoms with Crippen molar-refractivity contribution in [2.75, 3.05) is 46.4 Å². The van der Waals surface area contributed by atoms with Crippen molar-refractivity contribution < 1.29 is 23.1 Å². The van der Waals surface area contributed by atoms with E-state index in [1.807, 2.05) is 77.5 Å². The third kappa shape index (κ3) is 6.72. The highest BCUT2D eigenvalue weighted by atomic mass is 32.2. The SMILES string of the molecule is CN1CC(O)CNS(=O)(=O)c2ccc(-c3ccccc3)cc2OCC2(CCN(C(=O)Cc3ccccc3)CC2)C1. The molecule has 2 aliphatic rings. The Labute approximate surface area is 236 Å². The van der Waals surface area contributed by atoms with Gasteiger partial charge in [-0.3, -0.25) is 4.79 Å². The number of likely N-dealkylation sites (N-methyl/N-ethyl adjacent to an activating group) is 1. The van der Waals surface area contributed by atoms with Crippen LogP contribution in [0.2, 0.25) is 0 Å². The lowest BCUT2D eigenvalue weighted by atomic mass is 9.78. The smallest absolute Gasteiger partial charge is 0.244 e. The van der Waals surface area contributed by atoms with E-state index in [0.29, 0.717) is 52.0 Å². The summed E-state index contributed by atoms with van der Waals surface area (Å²) in [6.07, 6.45) is 0.938. The van der Waals surface area contributed by atoms with Crippen molar-refractivity contribution in [3.05, 3.63) is 84.4 Å². The molecule has 1 spiro atoms. The average Bonchev–Trinajstić information content (AvgIpc) is 2.96. The van der Waals surface area contributed by atoms with Gasteiger partial charge in [0.1, 0.15) is 10.6 Å². The Kier molecular flexibility index (Phi) is 8.56. The number of fused-ring (bicyclic) bond motifs is 1. The van der Waals surface area contributed by atoms with Crippen LogP contribution in [0.25, 0.3) is 11.1 Å². The number of nitrogens with zero attached hydrogens (tertiary/aromatic N) is 2. The fourth-order valence-corrected chi connectivity index (χ4v) is 6.89. The maximum Gasteiger partial charge on any atom is 0.244 e. The minimum absolute atomic E-state index is 0.0546. The van der Waals surface area contributed by atoms with Gasteiger partial charge >= 0.3 is 0 Å². The van der Waals surface area contributed by atoms with Gasteiger partial charge in [-0.15, -0.1) is 0 Å². The molecule has 2 aliphatic heterocycles. The van der Waals surface area contributed by atoms with E-state index in [2.05, 4.69) is 4.72 Å². The number of ether oxygens (including phenoxy) is 1. The van der Waals surface area contributed by atoms with E-state index in [1.165, 1.54) is 0 Å². The Morgan fingerprint density at radius 2 is 1.68 bits per heavy atom. The van der Waals surface area contributed by atoms with E-state index in [0.717, 1.165) is 16.7 Å².